The molecule has 2 aliphatic heterocycles. The fourth-order valence-corrected chi connectivity index (χ4v) is 4.45. The van der Waals surface area contributed by atoms with E-state index in [4.69, 9.17) is 29.4 Å². The Hall–Kier alpha value is -2.57. The topological polar surface area (TPSA) is 265 Å². The first kappa shape index (κ1) is 30.0. The molecule has 18 heteroatoms. The molecule has 0 spiro atoms. The molecular formula is C20H30N4O13P+. The van der Waals surface area contributed by atoms with Crippen molar-refractivity contribution in [3.05, 3.63) is 34.6 Å². The number of amides is 1. The monoisotopic (exact) mass is 565 g/mol. The number of carbonyl (C=O) groups excluding carboxylic acids is 1. The van der Waals surface area contributed by atoms with E-state index < -0.39 is 94.7 Å². The highest BCUT2D eigenvalue weighted by Gasteiger charge is 2.46. The second-order valence-corrected chi connectivity index (χ2v) is 9.52. The molecule has 4 unspecified atom stereocenters. The Morgan fingerprint density at radius 1 is 1.29 bits per heavy atom. The third kappa shape index (κ3) is 7.09. The maximum Gasteiger partial charge on any atom is 0.697 e. The van der Waals surface area contributed by atoms with E-state index >= 15 is 0 Å². The van der Waals surface area contributed by atoms with E-state index in [2.05, 4.69) is 10.3 Å². The minimum atomic E-state index is -2.86. The zero-order valence-electron chi connectivity index (χ0n) is 20.0. The summed E-state index contributed by atoms with van der Waals surface area (Å²) >= 11 is 0. The molecule has 9 N–H and O–H groups in total. The van der Waals surface area contributed by atoms with Crippen LogP contribution in [0.5, 0.6) is 0 Å². The minimum Gasteiger partial charge on any atom is -0.487 e. The smallest absolute Gasteiger partial charge is 0.487 e. The summed E-state index contributed by atoms with van der Waals surface area (Å²) in [5.41, 5.74) is 4.61. The van der Waals surface area contributed by atoms with Gasteiger partial charge in [0.2, 0.25) is 5.91 Å². The van der Waals surface area contributed by atoms with Crippen molar-refractivity contribution < 1.29 is 58.5 Å². The summed E-state index contributed by atoms with van der Waals surface area (Å²) in [4.78, 5) is 27.0. The zero-order valence-corrected chi connectivity index (χ0v) is 20.9. The normalized spacial score (nSPS) is 31.2. The van der Waals surface area contributed by atoms with Crippen molar-refractivity contribution in [2.45, 2.75) is 61.9 Å². The zero-order chi connectivity index (χ0) is 28.1. The number of rotatable bonds is 11. The SMILES string of the molecule is CC(=O)NC1C(O)C=C(CO[P+](=O)OC[C@H]2O[C@@H](n3ccc(N)nc3=O)[C@H](O)[C@@H]2O)OC1[C@@H](O)[C@@H](O)CO. The minimum absolute atomic E-state index is 0.0473. The van der Waals surface area contributed by atoms with E-state index in [0.717, 1.165) is 10.6 Å². The van der Waals surface area contributed by atoms with Crippen molar-refractivity contribution in [2.24, 2.45) is 0 Å². The van der Waals surface area contributed by atoms with Gasteiger partial charge in [-0.1, -0.05) is 0 Å². The Kier molecular flexibility index (Phi) is 10.2. The van der Waals surface area contributed by atoms with Gasteiger partial charge < -0.3 is 51.2 Å². The summed E-state index contributed by atoms with van der Waals surface area (Å²) in [5, 5.41) is 62.5. The lowest BCUT2D eigenvalue weighted by molar-refractivity contribution is -0.132. The molecule has 1 aromatic rings. The number of nitrogens with two attached hydrogens (primary N) is 1. The van der Waals surface area contributed by atoms with Gasteiger partial charge in [0.05, 0.1) is 18.8 Å². The number of aromatic nitrogens is 2. The number of aliphatic hydroxyl groups excluding tert-OH is 6. The molecule has 0 aliphatic carbocycles. The highest BCUT2D eigenvalue weighted by atomic mass is 31.1. The van der Waals surface area contributed by atoms with E-state index in [1.165, 1.54) is 19.2 Å². The molecule has 0 saturated carbocycles. The predicted molar refractivity (Wildman–Crippen MR) is 124 cm³/mol. The van der Waals surface area contributed by atoms with Crippen molar-refractivity contribution in [3.63, 3.8) is 0 Å². The summed E-state index contributed by atoms with van der Waals surface area (Å²) in [6.45, 7) is -0.713. The summed E-state index contributed by atoms with van der Waals surface area (Å²) in [5.74, 6) is -0.726. The number of nitrogens with one attached hydrogen (secondary N) is 1. The lowest BCUT2D eigenvalue weighted by Crippen LogP contribution is -2.59. The summed E-state index contributed by atoms with van der Waals surface area (Å²) in [7, 11) is -2.86. The molecule has 2 aliphatic rings. The summed E-state index contributed by atoms with van der Waals surface area (Å²) < 4.78 is 34.2. The fourth-order valence-electron chi connectivity index (χ4n) is 3.87. The highest BCUT2D eigenvalue weighted by Crippen LogP contribution is 2.33. The van der Waals surface area contributed by atoms with Gasteiger partial charge in [-0.25, -0.2) is 4.79 Å². The molecule has 3 rings (SSSR count). The second kappa shape index (κ2) is 13.0. The van der Waals surface area contributed by atoms with Gasteiger partial charge in [0.1, 0.15) is 54.8 Å². The lowest BCUT2D eigenvalue weighted by Gasteiger charge is -2.38. The molecule has 1 amide bonds. The Morgan fingerprint density at radius 3 is 2.63 bits per heavy atom. The third-order valence-electron chi connectivity index (χ3n) is 5.77. The molecule has 1 fully saturated rings. The van der Waals surface area contributed by atoms with E-state index in [9.17, 15) is 39.7 Å². The summed E-state index contributed by atoms with van der Waals surface area (Å²) in [6.07, 6.45) is -9.38. The largest absolute Gasteiger partial charge is 0.697 e. The van der Waals surface area contributed by atoms with Gasteiger partial charge in [0, 0.05) is 17.7 Å². The van der Waals surface area contributed by atoms with Gasteiger partial charge in [-0.3, -0.25) is 9.36 Å². The van der Waals surface area contributed by atoms with Crippen LogP contribution in [-0.2, 0) is 27.9 Å². The van der Waals surface area contributed by atoms with Gasteiger partial charge in [0.15, 0.2) is 12.8 Å². The molecule has 212 valence electrons. The van der Waals surface area contributed by atoms with Crippen LogP contribution in [0, 0.1) is 0 Å². The number of nitrogens with zero attached hydrogens (tertiary/aromatic N) is 2. The molecule has 0 radical (unpaired) electrons. The standard InChI is InChI=1S/C20H29N4O13P/c1-8(26)22-14-10(27)4-9(36-18(14)15(29)11(28)5-25)6-34-38(33)35-7-12-16(30)17(31)19(37-12)24-3-2-13(21)23-20(24)32/h2-4,10-12,14-19,25,27-31H,5-7H2,1H3,(H2-,21,22,23,26,32)/p+1/t10?,11-,12+,14?,15-,16+,17+,18?,19+/m0/s1. The number of nitrogen functional groups attached to an aromatic ring is 1. The van der Waals surface area contributed by atoms with Crippen LogP contribution in [0.4, 0.5) is 5.82 Å². The van der Waals surface area contributed by atoms with Gasteiger partial charge >= 0.3 is 13.9 Å². The Balaban J connectivity index is 1.56. The molecular weight excluding hydrogens is 535 g/mol. The van der Waals surface area contributed by atoms with E-state index in [0.29, 0.717) is 0 Å². The molecule has 10 atom stereocenters. The average molecular weight is 565 g/mol. The number of hydrogen-bond acceptors (Lipinski definition) is 15. The molecule has 38 heavy (non-hydrogen) atoms. The van der Waals surface area contributed by atoms with Gasteiger partial charge in [-0.2, -0.15) is 4.98 Å². The maximum atomic E-state index is 12.2. The second-order valence-electron chi connectivity index (χ2n) is 8.55. The van der Waals surface area contributed by atoms with Crippen LogP contribution in [0.3, 0.4) is 0 Å². The van der Waals surface area contributed by atoms with E-state index in [1.807, 2.05) is 0 Å². The van der Waals surface area contributed by atoms with Crippen LogP contribution in [0.2, 0.25) is 0 Å². The van der Waals surface area contributed by atoms with E-state index in [1.54, 1.807) is 0 Å². The van der Waals surface area contributed by atoms with Crippen LogP contribution in [-0.4, -0.2) is 115 Å². The van der Waals surface area contributed by atoms with Gasteiger partial charge in [-0.15, -0.1) is 9.05 Å². The third-order valence-corrected chi connectivity index (χ3v) is 6.47. The van der Waals surface area contributed by atoms with Gasteiger partial charge in [-0.05, 0) is 12.1 Å². The first-order valence-corrected chi connectivity index (χ1v) is 12.4. The quantitative estimate of drug-likeness (QED) is 0.119. The molecule has 0 aromatic carbocycles. The maximum absolute atomic E-state index is 12.2. The van der Waals surface area contributed by atoms with Crippen molar-refractivity contribution in [1.82, 2.24) is 14.9 Å². The van der Waals surface area contributed by atoms with Crippen molar-refractivity contribution in [1.29, 1.82) is 0 Å². The van der Waals surface area contributed by atoms with E-state index in [-0.39, 0.29) is 11.6 Å². The van der Waals surface area contributed by atoms with Crippen molar-refractivity contribution in [3.8, 4) is 0 Å². The Labute approximate surface area is 216 Å². The number of aliphatic hydroxyl groups is 6. The highest BCUT2D eigenvalue weighted by molar-refractivity contribution is 7.33. The number of carbonyl (C=O) groups is 1. The lowest BCUT2D eigenvalue weighted by atomic mass is 9.94. The Bertz CT molecular complexity index is 1090. The first-order valence-electron chi connectivity index (χ1n) is 11.3. The van der Waals surface area contributed by atoms with Crippen LogP contribution < -0.4 is 16.7 Å². The van der Waals surface area contributed by atoms with Crippen LogP contribution >= 0.6 is 8.25 Å². The first-order chi connectivity index (χ1) is 17.9. The predicted octanol–water partition coefficient (Wildman–Crippen LogP) is -4.00. The number of hydrogen-bond donors (Lipinski definition) is 8. The molecule has 0 bridgehead atoms. The van der Waals surface area contributed by atoms with Gasteiger partial charge in [0.25, 0.3) is 0 Å². The van der Waals surface area contributed by atoms with Crippen molar-refractivity contribution in [2.75, 3.05) is 25.6 Å². The van der Waals surface area contributed by atoms with Crippen molar-refractivity contribution >= 4 is 20.0 Å². The summed E-state index contributed by atoms with van der Waals surface area (Å²) in [6, 6.07) is 0.116. The molecule has 1 saturated heterocycles. The Morgan fingerprint density at radius 2 is 2.00 bits per heavy atom. The number of ether oxygens (including phenoxy) is 2. The number of anilines is 1. The van der Waals surface area contributed by atoms with Crippen LogP contribution in [0.15, 0.2) is 28.9 Å². The van der Waals surface area contributed by atoms with Crippen LogP contribution in [0.1, 0.15) is 13.2 Å². The average Bonchev–Trinajstić information content (AvgIpc) is 3.14. The fraction of sp³-hybridized carbons (Fsp3) is 0.650. The molecule has 3 heterocycles. The van der Waals surface area contributed by atoms with Crippen LogP contribution in [0.25, 0.3) is 0 Å². The molecule has 1 aromatic heterocycles. The molecule has 17 nitrogen and oxygen atoms in total.